The number of halogens is 1. The lowest BCUT2D eigenvalue weighted by molar-refractivity contribution is -0.123. The molecule has 1 aliphatic carbocycles. The van der Waals surface area contributed by atoms with Crippen molar-refractivity contribution in [1.82, 2.24) is 15.5 Å². The third-order valence-electron chi connectivity index (χ3n) is 4.75. The van der Waals surface area contributed by atoms with E-state index in [4.69, 9.17) is 9.15 Å². The molecule has 2 aliphatic rings. The van der Waals surface area contributed by atoms with E-state index in [9.17, 15) is 9.18 Å². The highest BCUT2D eigenvalue weighted by Gasteiger charge is 2.62. The van der Waals surface area contributed by atoms with Crippen LogP contribution in [0.4, 0.5) is 4.39 Å². The molecule has 2 aromatic carbocycles. The molecule has 0 saturated heterocycles. The third kappa shape index (κ3) is 2.44. The van der Waals surface area contributed by atoms with Crippen molar-refractivity contribution in [1.29, 1.82) is 0 Å². The van der Waals surface area contributed by atoms with E-state index in [-0.39, 0.29) is 36.2 Å². The molecular weight excluding hydrogens is 337 g/mol. The van der Waals surface area contributed by atoms with Gasteiger partial charge in [0.25, 0.3) is 0 Å². The summed E-state index contributed by atoms with van der Waals surface area (Å²) < 4.78 is 24.7. The molecule has 3 atom stereocenters. The van der Waals surface area contributed by atoms with Crippen molar-refractivity contribution >= 4 is 5.91 Å². The van der Waals surface area contributed by atoms with E-state index in [1.54, 1.807) is 6.07 Å². The summed E-state index contributed by atoms with van der Waals surface area (Å²) in [6.07, 6.45) is -0.214. The summed E-state index contributed by atoms with van der Waals surface area (Å²) in [4.78, 5) is 12.4. The van der Waals surface area contributed by atoms with Crippen molar-refractivity contribution in [3.8, 4) is 17.2 Å². The quantitative estimate of drug-likeness (QED) is 0.782. The molecule has 0 spiro atoms. The van der Waals surface area contributed by atoms with Crippen molar-refractivity contribution in [2.24, 2.45) is 5.92 Å². The molecule has 1 N–H and O–H groups in total. The van der Waals surface area contributed by atoms with Crippen LogP contribution < -0.4 is 10.1 Å². The van der Waals surface area contributed by atoms with Gasteiger partial charge >= 0.3 is 0 Å². The van der Waals surface area contributed by atoms with E-state index in [0.29, 0.717) is 17.5 Å². The van der Waals surface area contributed by atoms with Gasteiger partial charge in [-0.25, -0.2) is 4.39 Å². The molecule has 1 saturated carbocycles. The SMILES string of the molecule is O=C(NCc1nnc(-c2ccccc2)o1)C1C2Oc3ccc(F)cc3C21. The molecule has 3 unspecified atom stereocenters. The summed E-state index contributed by atoms with van der Waals surface area (Å²) in [5, 5.41) is 10.7. The summed E-state index contributed by atoms with van der Waals surface area (Å²) in [6, 6.07) is 13.8. The Morgan fingerprint density at radius 2 is 2.00 bits per heavy atom. The fourth-order valence-corrected chi connectivity index (χ4v) is 3.45. The lowest BCUT2D eigenvalue weighted by Gasteiger charge is -2.08. The Morgan fingerprint density at radius 1 is 1.15 bits per heavy atom. The first kappa shape index (κ1) is 15.1. The van der Waals surface area contributed by atoms with Gasteiger partial charge in [-0.15, -0.1) is 10.2 Å². The van der Waals surface area contributed by atoms with Crippen LogP contribution in [0.3, 0.4) is 0 Å². The topological polar surface area (TPSA) is 77.3 Å². The highest BCUT2D eigenvalue weighted by Crippen LogP contribution is 2.58. The van der Waals surface area contributed by atoms with Crippen LogP contribution >= 0.6 is 0 Å². The first-order valence-electron chi connectivity index (χ1n) is 8.32. The number of benzene rings is 2. The number of carbonyl (C=O) groups excluding carboxylic acids is 1. The van der Waals surface area contributed by atoms with E-state index < -0.39 is 0 Å². The summed E-state index contributed by atoms with van der Waals surface area (Å²) in [5.41, 5.74) is 1.58. The fraction of sp³-hybridized carbons (Fsp3) is 0.211. The molecule has 1 aromatic heterocycles. The molecule has 1 amide bonds. The molecule has 0 bridgehead atoms. The molecule has 2 heterocycles. The van der Waals surface area contributed by atoms with E-state index in [2.05, 4.69) is 15.5 Å². The van der Waals surface area contributed by atoms with Crippen LogP contribution in [0.2, 0.25) is 0 Å². The number of fused-ring (bicyclic) bond motifs is 3. The molecule has 3 aromatic rings. The van der Waals surface area contributed by atoms with Gasteiger partial charge < -0.3 is 14.5 Å². The zero-order valence-electron chi connectivity index (χ0n) is 13.6. The minimum absolute atomic E-state index is 0.0803. The molecule has 5 rings (SSSR count). The first-order chi connectivity index (χ1) is 12.7. The van der Waals surface area contributed by atoms with Gasteiger partial charge in [-0.1, -0.05) is 18.2 Å². The highest BCUT2D eigenvalue weighted by atomic mass is 19.1. The van der Waals surface area contributed by atoms with Crippen molar-refractivity contribution in [3.63, 3.8) is 0 Å². The first-order valence-corrected chi connectivity index (χ1v) is 8.32. The summed E-state index contributed by atoms with van der Waals surface area (Å²) >= 11 is 0. The fourth-order valence-electron chi connectivity index (χ4n) is 3.45. The second-order valence-electron chi connectivity index (χ2n) is 6.40. The molecular formula is C19H14FN3O3. The average Bonchev–Trinajstić information content (AvgIpc) is 3.01. The van der Waals surface area contributed by atoms with Crippen LogP contribution in [0, 0.1) is 11.7 Å². The zero-order chi connectivity index (χ0) is 17.7. The standard InChI is InChI=1S/C19H14FN3O3/c20-11-6-7-13-12(8-11)15-16(17(15)25-13)18(24)21-9-14-22-23-19(26-14)10-4-2-1-3-5-10/h1-8,15-17H,9H2,(H,21,24). The Balaban J connectivity index is 1.23. The third-order valence-corrected chi connectivity index (χ3v) is 4.75. The molecule has 130 valence electrons. The van der Waals surface area contributed by atoms with Crippen molar-refractivity contribution in [3.05, 3.63) is 65.8 Å². The van der Waals surface area contributed by atoms with Gasteiger partial charge in [-0.2, -0.15) is 0 Å². The Kier molecular flexibility index (Phi) is 3.28. The lowest BCUT2D eigenvalue weighted by Crippen LogP contribution is -2.27. The number of rotatable bonds is 4. The number of amides is 1. The highest BCUT2D eigenvalue weighted by molar-refractivity contribution is 5.85. The van der Waals surface area contributed by atoms with Gasteiger partial charge in [-0.05, 0) is 30.3 Å². The van der Waals surface area contributed by atoms with Crippen LogP contribution in [0.5, 0.6) is 5.75 Å². The minimum atomic E-state index is -0.321. The van der Waals surface area contributed by atoms with Crippen LogP contribution in [0.25, 0.3) is 11.5 Å². The van der Waals surface area contributed by atoms with Crippen LogP contribution in [0.1, 0.15) is 17.4 Å². The van der Waals surface area contributed by atoms with E-state index in [0.717, 1.165) is 11.1 Å². The molecule has 7 heteroatoms. The normalized spacial score (nSPS) is 22.3. The van der Waals surface area contributed by atoms with Crippen molar-refractivity contribution < 1.29 is 18.3 Å². The van der Waals surface area contributed by atoms with Gasteiger partial charge in [0.1, 0.15) is 17.7 Å². The second kappa shape index (κ2) is 5.66. The maximum Gasteiger partial charge on any atom is 0.247 e. The maximum absolute atomic E-state index is 13.4. The second-order valence-corrected chi connectivity index (χ2v) is 6.40. The van der Waals surface area contributed by atoms with E-state index >= 15 is 0 Å². The minimum Gasteiger partial charge on any atom is -0.489 e. The largest absolute Gasteiger partial charge is 0.489 e. The average molecular weight is 351 g/mol. The Labute approximate surface area is 148 Å². The summed E-state index contributed by atoms with van der Waals surface area (Å²) in [7, 11) is 0. The summed E-state index contributed by atoms with van der Waals surface area (Å²) in [6.45, 7) is 0.143. The molecule has 0 radical (unpaired) electrons. The maximum atomic E-state index is 13.4. The van der Waals surface area contributed by atoms with Gasteiger partial charge in [0, 0.05) is 17.0 Å². The lowest BCUT2D eigenvalue weighted by atomic mass is 10.1. The number of nitrogens with one attached hydrogen (secondary N) is 1. The van der Waals surface area contributed by atoms with E-state index in [1.165, 1.54) is 12.1 Å². The monoisotopic (exact) mass is 351 g/mol. The number of nitrogens with zero attached hydrogens (tertiary/aromatic N) is 2. The molecule has 26 heavy (non-hydrogen) atoms. The molecule has 6 nitrogen and oxygen atoms in total. The van der Waals surface area contributed by atoms with Gasteiger partial charge in [0.15, 0.2) is 0 Å². The predicted octanol–water partition coefficient (Wildman–Crippen LogP) is 2.67. The molecule has 1 fully saturated rings. The smallest absolute Gasteiger partial charge is 0.247 e. The Bertz CT molecular complexity index is 989. The molecule has 1 aliphatic heterocycles. The van der Waals surface area contributed by atoms with Gasteiger partial charge in [-0.3, -0.25) is 4.79 Å². The Morgan fingerprint density at radius 3 is 2.85 bits per heavy atom. The van der Waals surface area contributed by atoms with Crippen LogP contribution in [-0.4, -0.2) is 22.2 Å². The van der Waals surface area contributed by atoms with Gasteiger partial charge in [0.05, 0.1) is 12.5 Å². The van der Waals surface area contributed by atoms with Crippen molar-refractivity contribution in [2.75, 3.05) is 0 Å². The number of carbonyl (C=O) groups is 1. The van der Waals surface area contributed by atoms with Crippen molar-refractivity contribution in [2.45, 2.75) is 18.6 Å². The van der Waals surface area contributed by atoms with E-state index in [1.807, 2.05) is 30.3 Å². The van der Waals surface area contributed by atoms with Crippen LogP contribution in [-0.2, 0) is 11.3 Å². The van der Waals surface area contributed by atoms with Crippen LogP contribution in [0.15, 0.2) is 52.9 Å². The number of hydrogen-bond acceptors (Lipinski definition) is 5. The number of aromatic nitrogens is 2. The predicted molar refractivity (Wildman–Crippen MR) is 88.6 cm³/mol. The number of hydrogen-bond donors (Lipinski definition) is 1. The zero-order valence-corrected chi connectivity index (χ0v) is 13.6. The Hall–Kier alpha value is -3.22. The number of ether oxygens (including phenoxy) is 1. The summed E-state index contributed by atoms with van der Waals surface area (Å²) in [5.74, 6) is 0.535. The van der Waals surface area contributed by atoms with Gasteiger partial charge in [0.2, 0.25) is 17.7 Å².